The van der Waals surface area contributed by atoms with E-state index in [1.54, 1.807) is 0 Å². The molecule has 104 valence electrons. The third kappa shape index (κ3) is 7.70. The number of hydrogen-bond donors (Lipinski definition) is 0. The van der Waals surface area contributed by atoms with Crippen molar-refractivity contribution in [1.29, 1.82) is 0 Å². The van der Waals surface area contributed by atoms with E-state index in [-0.39, 0.29) is 0 Å². The molecule has 0 aromatic heterocycles. The van der Waals surface area contributed by atoms with Gasteiger partial charge in [-0.05, 0) is 18.4 Å². The number of rotatable bonds is 10. The maximum atomic E-state index is 8.10. The first-order chi connectivity index (χ1) is 12.2. The van der Waals surface area contributed by atoms with Crippen LogP contribution in [-0.2, 0) is 11.3 Å². The first kappa shape index (κ1) is 8.12. The Morgan fingerprint density at radius 1 is 1.21 bits per heavy atom. The number of unbranched alkanes of at least 4 members (excludes halogenated alkanes) is 5. The molecule has 0 saturated carbocycles. The van der Waals surface area contributed by atoms with Gasteiger partial charge in [0, 0.05) is 0 Å². The van der Waals surface area contributed by atoms with Gasteiger partial charge in [-0.1, -0.05) is 75.2 Å². The van der Waals surface area contributed by atoms with Crippen LogP contribution in [0.4, 0.5) is 0 Å². The van der Waals surface area contributed by atoms with Crippen LogP contribution in [-0.4, -0.2) is 6.10 Å². The molecular formula is C18H26O. The summed E-state index contributed by atoms with van der Waals surface area (Å²) >= 11 is 0. The lowest BCUT2D eigenvalue weighted by atomic mass is 10.1. The monoisotopic (exact) mass is 265 g/mol. The molecule has 0 fully saturated rings. The smallest absolute Gasteiger partial charge is 0.118 e. The molecule has 0 amide bonds. The van der Waals surface area contributed by atoms with Crippen LogP contribution in [0.5, 0.6) is 0 Å². The second kappa shape index (κ2) is 10.6. The summed E-state index contributed by atoms with van der Waals surface area (Å²) in [5.74, 6) is 2.39. The van der Waals surface area contributed by atoms with Crippen LogP contribution in [0.25, 0.3) is 0 Å². The molecular weight excluding hydrogens is 232 g/mol. The first-order valence-electron chi connectivity index (χ1n) is 10.4. The third-order valence-corrected chi connectivity index (χ3v) is 2.81. The Hall–Kier alpha value is -1.26. The summed E-state index contributed by atoms with van der Waals surface area (Å²) in [4.78, 5) is 0. The van der Waals surface area contributed by atoms with E-state index in [9.17, 15) is 0 Å². The molecule has 1 aromatic rings. The van der Waals surface area contributed by atoms with E-state index in [4.69, 9.17) is 20.8 Å². The van der Waals surface area contributed by atoms with Crippen molar-refractivity contribution in [1.82, 2.24) is 0 Å². The van der Waals surface area contributed by atoms with Crippen LogP contribution >= 0.6 is 0 Å². The maximum absolute atomic E-state index is 8.10. The summed E-state index contributed by atoms with van der Waals surface area (Å²) < 4.78 is 60.2. The van der Waals surface area contributed by atoms with Gasteiger partial charge in [0.05, 0.1) is 16.2 Å². The number of hydrogen-bond acceptors (Lipinski definition) is 1. The molecule has 0 spiro atoms. The highest BCUT2D eigenvalue weighted by Crippen LogP contribution is 2.11. The summed E-state index contributed by atoms with van der Waals surface area (Å²) in [6, 6.07) is -2.99. The van der Waals surface area contributed by atoms with E-state index in [0.717, 1.165) is 32.1 Å². The van der Waals surface area contributed by atoms with Crippen LogP contribution in [0.3, 0.4) is 0 Å². The summed E-state index contributed by atoms with van der Waals surface area (Å²) in [6.45, 7) is -0.435. The van der Waals surface area contributed by atoms with E-state index < -0.39 is 48.4 Å². The van der Waals surface area contributed by atoms with E-state index in [1.807, 2.05) is 0 Å². The Bertz CT molecular complexity index is 623. The standard InChI is InChI=1S/C18H26O/c1-3-5-6-7-8-12-15-18(4-2)19-16-17-13-10-9-11-14-17/h2,9-11,13-14,18H,3,5-8,12,15-16H2,1H3/i9D,10D,11D,13D,14D,16D2. The lowest BCUT2D eigenvalue weighted by Gasteiger charge is -2.12. The second-order valence-corrected chi connectivity index (χ2v) is 4.43. The van der Waals surface area contributed by atoms with Gasteiger partial charge in [-0.3, -0.25) is 0 Å². The molecule has 19 heavy (non-hydrogen) atoms. The SMILES string of the molecule is [2H]c1c([2H])c([2H])c(C([2H])([2H])OC(C#C)CCCCCCCC)c([2H])c1[2H]. The van der Waals surface area contributed by atoms with E-state index in [1.165, 1.54) is 6.42 Å². The number of ether oxygens (including phenoxy) is 1. The number of terminal acetylenes is 1. The average molecular weight is 265 g/mol. The zero-order valence-electron chi connectivity index (χ0n) is 18.5. The molecule has 0 aliphatic heterocycles. The first-order valence-corrected chi connectivity index (χ1v) is 6.88. The minimum Gasteiger partial charge on any atom is -0.361 e. The van der Waals surface area contributed by atoms with Gasteiger partial charge in [0.25, 0.3) is 0 Å². The normalized spacial score (nSPS) is 18.0. The summed E-state index contributed by atoms with van der Waals surface area (Å²) in [6.07, 6.45) is 11.4. The lowest BCUT2D eigenvalue weighted by Crippen LogP contribution is -2.10. The van der Waals surface area contributed by atoms with Gasteiger partial charge in [0.1, 0.15) is 6.10 Å². The average Bonchev–Trinajstić information content (AvgIpc) is 2.59. The van der Waals surface area contributed by atoms with Crippen LogP contribution < -0.4 is 0 Å². The zero-order chi connectivity index (χ0) is 19.9. The summed E-state index contributed by atoms with van der Waals surface area (Å²) in [7, 11) is 0. The second-order valence-electron chi connectivity index (χ2n) is 4.43. The molecule has 0 aliphatic carbocycles. The van der Waals surface area contributed by atoms with Crippen molar-refractivity contribution in [3.05, 3.63) is 35.8 Å². The third-order valence-electron chi connectivity index (χ3n) is 2.81. The zero-order valence-corrected chi connectivity index (χ0v) is 11.5. The minimum atomic E-state index is -2.58. The van der Waals surface area contributed by atoms with Crippen molar-refractivity contribution in [2.75, 3.05) is 0 Å². The molecule has 1 atom stereocenters. The van der Waals surface area contributed by atoms with Gasteiger partial charge in [0.15, 0.2) is 0 Å². The predicted molar refractivity (Wildman–Crippen MR) is 81.8 cm³/mol. The van der Waals surface area contributed by atoms with Gasteiger partial charge < -0.3 is 4.74 Å². The Morgan fingerprint density at radius 3 is 2.58 bits per heavy atom. The highest BCUT2D eigenvalue weighted by molar-refractivity contribution is 5.13. The lowest BCUT2D eigenvalue weighted by molar-refractivity contribution is 0.0710. The maximum Gasteiger partial charge on any atom is 0.118 e. The Labute approximate surface area is 128 Å². The topological polar surface area (TPSA) is 9.23 Å². The van der Waals surface area contributed by atoms with E-state index in [2.05, 4.69) is 12.8 Å². The minimum absolute atomic E-state index is 0.459. The fraction of sp³-hybridized carbons (Fsp3) is 0.556. The Kier molecular flexibility index (Phi) is 4.55. The quantitative estimate of drug-likeness (QED) is 0.429. The van der Waals surface area contributed by atoms with Crippen molar-refractivity contribution < 1.29 is 14.3 Å². The van der Waals surface area contributed by atoms with Crippen molar-refractivity contribution in [3.8, 4) is 12.3 Å². The van der Waals surface area contributed by atoms with Crippen LogP contribution in [0.1, 0.15) is 67.0 Å². The fourth-order valence-electron chi connectivity index (χ4n) is 1.72. The number of benzene rings is 1. The van der Waals surface area contributed by atoms with Crippen LogP contribution in [0.15, 0.2) is 30.2 Å². The molecule has 0 heterocycles. The molecule has 0 bridgehead atoms. The highest BCUT2D eigenvalue weighted by Gasteiger charge is 2.05. The van der Waals surface area contributed by atoms with Crippen molar-refractivity contribution in [3.63, 3.8) is 0 Å². The predicted octanol–water partition coefficient (Wildman–Crippen LogP) is 4.96. The van der Waals surface area contributed by atoms with E-state index in [0.29, 0.717) is 6.42 Å². The van der Waals surface area contributed by atoms with Gasteiger partial charge in [-0.2, -0.15) is 0 Å². The molecule has 1 heteroatoms. The molecule has 0 saturated heterocycles. The van der Waals surface area contributed by atoms with Crippen LogP contribution in [0.2, 0.25) is 0 Å². The van der Waals surface area contributed by atoms with Gasteiger partial charge in [-0.15, -0.1) is 6.42 Å². The molecule has 1 aromatic carbocycles. The van der Waals surface area contributed by atoms with Crippen molar-refractivity contribution in [2.24, 2.45) is 0 Å². The largest absolute Gasteiger partial charge is 0.361 e. The highest BCUT2D eigenvalue weighted by atomic mass is 16.5. The Balaban J connectivity index is 2.86. The van der Waals surface area contributed by atoms with Gasteiger partial charge in [0.2, 0.25) is 0 Å². The molecule has 0 N–H and O–H groups in total. The molecule has 0 radical (unpaired) electrons. The van der Waals surface area contributed by atoms with Crippen LogP contribution in [0, 0.1) is 12.3 Å². The fourth-order valence-corrected chi connectivity index (χ4v) is 1.72. The summed E-state index contributed by atoms with van der Waals surface area (Å²) in [5, 5.41) is 0. The molecule has 1 rings (SSSR count). The Morgan fingerprint density at radius 2 is 1.89 bits per heavy atom. The van der Waals surface area contributed by atoms with Crippen molar-refractivity contribution in [2.45, 2.75) is 64.5 Å². The molecule has 0 aliphatic rings. The van der Waals surface area contributed by atoms with Gasteiger partial charge >= 0.3 is 0 Å². The van der Waals surface area contributed by atoms with Crippen molar-refractivity contribution >= 4 is 0 Å². The molecule has 1 unspecified atom stereocenters. The van der Waals surface area contributed by atoms with E-state index >= 15 is 0 Å². The molecule has 1 nitrogen and oxygen atoms in total. The van der Waals surface area contributed by atoms with Gasteiger partial charge in [-0.25, -0.2) is 0 Å². The summed E-state index contributed by atoms with van der Waals surface area (Å²) in [5.41, 5.74) is -0.522.